The number of carbonyl (C=O) groups is 1. The molecule has 2 amide bonds. The molecule has 0 aliphatic rings. The summed E-state index contributed by atoms with van der Waals surface area (Å²) in [4.78, 5) is 14.0. The average Bonchev–Trinajstić information content (AvgIpc) is 2.98. The molecule has 1 heterocycles. The number of likely N-dealkylation sites (N-methyl/N-ethyl adjacent to an activating group) is 1. The Morgan fingerprint density at radius 2 is 2.16 bits per heavy atom. The first-order chi connectivity index (χ1) is 12.0. The van der Waals surface area contributed by atoms with Crippen LogP contribution in [0.1, 0.15) is 23.6 Å². The van der Waals surface area contributed by atoms with E-state index in [0.717, 1.165) is 24.0 Å². The summed E-state index contributed by atoms with van der Waals surface area (Å²) in [6.45, 7) is 1.04. The Kier molecular flexibility index (Phi) is 6.94. The Balaban J connectivity index is 1.70. The monoisotopic (exact) mass is 347 g/mol. The van der Waals surface area contributed by atoms with E-state index in [2.05, 4.69) is 15.7 Å². The Bertz CT molecular complexity index is 686. The molecule has 1 aromatic carbocycles. The lowest BCUT2D eigenvalue weighted by atomic mass is 10.1. The lowest BCUT2D eigenvalue weighted by molar-refractivity contribution is 0.232. The third-order valence-corrected chi connectivity index (χ3v) is 4.01. The van der Waals surface area contributed by atoms with Crippen molar-refractivity contribution < 1.29 is 9.18 Å². The maximum absolute atomic E-state index is 13.1. The number of aryl methyl sites for hydroxylation is 2. The van der Waals surface area contributed by atoms with Crippen LogP contribution in [-0.2, 0) is 13.5 Å². The van der Waals surface area contributed by atoms with E-state index in [9.17, 15) is 9.18 Å². The molecule has 2 aromatic rings. The van der Waals surface area contributed by atoms with Crippen molar-refractivity contribution in [1.29, 1.82) is 0 Å². The van der Waals surface area contributed by atoms with Crippen LogP contribution in [0, 0.1) is 5.82 Å². The van der Waals surface area contributed by atoms with Gasteiger partial charge in [0.15, 0.2) is 0 Å². The summed E-state index contributed by atoms with van der Waals surface area (Å²) in [7, 11) is 5.81. The highest BCUT2D eigenvalue weighted by atomic mass is 19.1. The summed E-state index contributed by atoms with van der Waals surface area (Å²) >= 11 is 0. The smallest absolute Gasteiger partial charge is 0.314 e. The van der Waals surface area contributed by atoms with E-state index >= 15 is 0 Å². The second-order valence-corrected chi connectivity index (χ2v) is 6.30. The fourth-order valence-electron chi connectivity index (χ4n) is 2.65. The molecule has 136 valence electrons. The van der Waals surface area contributed by atoms with E-state index in [1.165, 1.54) is 12.1 Å². The highest BCUT2D eigenvalue weighted by Crippen LogP contribution is 2.15. The molecule has 0 unspecified atom stereocenters. The van der Waals surface area contributed by atoms with Crippen LogP contribution in [0.15, 0.2) is 36.7 Å². The quantitative estimate of drug-likeness (QED) is 0.719. The zero-order valence-corrected chi connectivity index (χ0v) is 15.0. The number of amides is 2. The van der Waals surface area contributed by atoms with Crippen LogP contribution in [-0.4, -0.2) is 47.9 Å². The van der Waals surface area contributed by atoms with Gasteiger partial charge in [-0.3, -0.25) is 4.68 Å². The van der Waals surface area contributed by atoms with Crippen molar-refractivity contribution in [3.63, 3.8) is 0 Å². The van der Waals surface area contributed by atoms with Crippen LogP contribution in [0.5, 0.6) is 0 Å². The van der Waals surface area contributed by atoms with Crippen LogP contribution in [0.3, 0.4) is 0 Å². The topological polar surface area (TPSA) is 62.2 Å². The molecule has 6 nitrogen and oxygen atoms in total. The molecule has 0 fully saturated rings. The number of hydrogen-bond acceptors (Lipinski definition) is 3. The molecule has 1 aromatic heterocycles. The normalized spacial score (nSPS) is 12.2. The van der Waals surface area contributed by atoms with Crippen molar-refractivity contribution in [3.8, 4) is 0 Å². The maximum Gasteiger partial charge on any atom is 0.314 e. The molecule has 0 saturated carbocycles. The number of halogens is 1. The third kappa shape index (κ3) is 6.19. The summed E-state index contributed by atoms with van der Waals surface area (Å²) in [6.07, 6.45) is 5.25. The molecule has 0 saturated heterocycles. The summed E-state index contributed by atoms with van der Waals surface area (Å²) in [5.41, 5.74) is 1.99. The minimum Gasteiger partial charge on any atom is -0.338 e. The summed E-state index contributed by atoms with van der Waals surface area (Å²) in [6, 6.07) is 6.40. The number of urea groups is 1. The molecular formula is C18H26FN5O. The first-order valence-electron chi connectivity index (χ1n) is 8.37. The Labute approximate surface area is 148 Å². The first-order valence-corrected chi connectivity index (χ1v) is 8.37. The van der Waals surface area contributed by atoms with Crippen molar-refractivity contribution in [2.45, 2.75) is 18.9 Å². The molecular weight excluding hydrogens is 321 g/mol. The number of hydrogen-bond donors (Lipinski definition) is 2. The highest BCUT2D eigenvalue weighted by molar-refractivity contribution is 5.73. The van der Waals surface area contributed by atoms with Gasteiger partial charge in [0.25, 0.3) is 0 Å². The first kappa shape index (κ1) is 18.9. The zero-order chi connectivity index (χ0) is 18.2. The van der Waals surface area contributed by atoms with Gasteiger partial charge in [0, 0.05) is 31.9 Å². The molecule has 1 atom stereocenters. The SMILES string of the molecule is CN(C)[C@@H](CNC(=O)NCCCc1cccc(F)c1)c1cnn(C)c1. The van der Waals surface area contributed by atoms with E-state index in [1.807, 2.05) is 44.5 Å². The van der Waals surface area contributed by atoms with Crippen molar-refractivity contribution in [1.82, 2.24) is 25.3 Å². The second kappa shape index (κ2) is 9.17. The molecule has 0 radical (unpaired) electrons. The van der Waals surface area contributed by atoms with Gasteiger partial charge in [-0.1, -0.05) is 12.1 Å². The highest BCUT2D eigenvalue weighted by Gasteiger charge is 2.16. The van der Waals surface area contributed by atoms with Gasteiger partial charge in [0.05, 0.1) is 12.2 Å². The lowest BCUT2D eigenvalue weighted by Gasteiger charge is -2.23. The molecule has 0 aliphatic heterocycles. The molecule has 0 spiro atoms. The Morgan fingerprint density at radius 1 is 1.36 bits per heavy atom. The van der Waals surface area contributed by atoms with E-state index in [4.69, 9.17) is 0 Å². The number of nitrogens with zero attached hydrogens (tertiary/aromatic N) is 3. The van der Waals surface area contributed by atoms with E-state index < -0.39 is 0 Å². The van der Waals surface area contributed by atoms with Gasteiger partial charge < -0.3 is 15.5 Å². The van der Waals surface area contributed by atoms with Gasteiger partial charge >= 0.3 is 6.03 Å². The number of benzene rings is 1. The van der Waals surface area contributed by atoms with Crippen LogP contribution in [0.25, 0.3) is 0 Å². The van der Waals surface area contributed by atoms with Crippen molar-refractivity contribution in [2.24, 2.45) is 7.05 Å². The molecule has 2 rings (SSSR count). The standard InChI is InChI=1S/C18H26FN5O/c1-23(2)17(15-11-22-24(3)13-15)12-21-18(25)20-9-5-7-14-6-4-8-16(19)10-14/h4,6,8,10-11,13,17H,5,7,9,12H2,1-3H3,(H2,20,21,25)/t17-/m0/s1. The Morgan fingerprint density at radius 3 is 2.80 bits per heavy atom. The number of nitrogens with one attached hydrogen (secondary N) is 2. The summed E-state index contributed by atoms with van der Waals surface area (Å²) in [5.74, 6) is -0.228. The van der Waals surface area contributed by atoms with Crippen molar-refractivity contribution >= 4 is 6.03 Å². The summed E-state index contributed by atoms with van der Waals surface area (Å²) in [5, 5.41) is 9.90. The van der Waals surface area contributed by atoms with E-state index in [1.54, 1.807) is 10.7 Å². The van der Waals surface area contributed by atoms with Gasteiger partial charge in [-0.2, -0.15) is 5.10 Å². The predicted molar refractivity (Wildman–Crippen MR) is 95.8 cm³/mol. The molecule has 7 heteroatoms. The minimum absolute atomic E-state index is 0.0618. The summed E-state index contributed by atoms with van der Waals surface area (Å²) < 4.78 is 14.8. The van der Waals surface area contributed by atoms with Crippen LogP contribution in [0.2, 0.25) is 0 Å². The van der Waals surface area contributed by atoms with Gasteiger partial charge in [0.2, 0.25) is 0 Å². The van der Waals surface area contributed by atoms with Gasteiger partial charge in [-0.05, 0) is 44.6 Å². The van der Waals surface area contributed by atoms with Gasteiger partial charge in [0.1, 0.15) is 5.82 Å². The molecule has 0 aliphatic carbocycles. The van der Waals surface area contributed by atoms with Crippen LogP contribution in [0.4, 0.5) is 9.18 Å². The molecule has 25 heavy (non-hydrogen) atoms. The minimum atomic E-state index is -0.228. The zero-order valence-electron chi connectivity index (χ0n) is 15.0. The van der Waals surface area contributed by atoms with Gasteiger partial charge in [-0.25, -0.2) is 9.18 Å². The van der Waals surface area contributed by atoms with Crippen LogP contribution < -0.4 is 10.6 Å². The fraction of sp³-hybridized carbons (Fsp3) is 0.444. The predicted octanol–water partition coefficient (Wildman–Crippen LogP) is 2.09. The lowest BCUT2D eigenvalue weighted by Crippen LogP contribution is -2.40. The molecule has 0 bridgehead atoms. The van der Waals surface area contributed by atoms with E-state index in [-0.39, 0.29) is 17.9 Å². The second-order valence-electron chi connectivity index (χ2n) is 6.30. The van der Waals surface area contributed by atoms with Gasteiger partial charge in [-0.15, -0.1) is 0 Å². The third-order valence-electron chi connectivity index (χ3n) is 4.01. The average molecular weight is 347 g/mol. The number of carbonyl (C=O) groups excluding carboxylic acids is 1. The number of rotatable bonds is 8. The maximum atomic E-state index is 13.1. The Hall–Kier alpha value is -2.41. The van der Waals surface area contributed by atoms with Crippen LogP contribution >= 0.6 is 0 Å². The molecule has 2 N–H and O–H groups in total. The largest absolute Gasteiger partial charge is 0.338 e. The van der Waals surface area contributed by atoms with E-state index in [0.29, 0.717) is 13.1 Å². The fourth-order valence-corrected chi connectivity index (χ4v) is 2.65. The van der Waals surface area contributed by atoms with Crippen molar-refractivity contribution in [2.75, 3.05) is 27.2 Å². The van der Waals surface area contributed by atoms with Crippen molar-refractivity contribution in [3.05, 3.63) is 53.6 Å². The number of aromatic nitrogens is 2.